The summed E-state index contributed by atoms with van der Waals surface area (Å²) in [6.45, 7) is 2.12. The molecule has 2 saturated carbocycles. The summed E-state index contributed by atoms with van der Waals surface area (Å²) < 4.78 is 0. The second-order valence-corrected chi connectivity index (χ2v) is 7.60. The lowest BCUT2D eigenvalue weighted by molar-refractivity contribution is -0.131. The summed E-state index contributed by atoms with van der Waals surface area (Å²) >= 11 is 0. The SMILES string of the molecule is C[C@]12CC[C@@H]3c4ccc(O)cc4CC(C=O)[C@H]3[C@@H]1CCC2=O. The van der Waals surface area contributed by atoms with E-state index in [9.17, 15) is 14.7 Å². The van der Waals surface area contributed by atoms with Crippen LogP contribution in [-0.2, 0) is 16.0 Å². The number of phenols is 1. The first-order chi connectivity index (χ1) is 10.5. The summed E-state index contributed by atoms with van der Waals surface area (Å²) in [5.41, 5.74) is 2.20. The molecule has 1 unspecified atom stereocenters. The standard InChI is InChI=1S/C19H22O3/c1-19-7-6-15-14-3-2-13(21)9-11(14)8-12(10-20)18(15)16(19)4-5-17(19)22/h2-3,9-10,12,15-16,18,21H,4-8H2,1H3/t12?,15-,16+,18-,19+/m1/s1. The van der Waals surface area contributed by atoms with Crippen LogP contribution in [0, 0.1) is 23.2 Å². The highest BCUT2D eigenvalue weighted by Gasteiger charge is 2.56. The molecular formula is C19H22O3. The number of Topliss-reactive ketones (excluding diaryl/α,β-unsaturated/α-hetero) is 1. The van der Waals surface area contributed by atoms with Crippen molar-refractivity contribution in [1.82, 2.24) is 0 Å². The molecule has 0 saturated heterocycles. The molecule has 0 heterocycles. The second kappa shape index (κ2) is 4.68. The quantitative estimate of drug-likeness (QED) is 0.810. The van der Waals surface area contributed by atoms with Gasteiger partial charge in [0.1, 0.15) is 17.8 Å². The van der Waals surface area contributed by atoms with Crippen LogP contribution in [0.25, 0.3) is 0 Å². The van der Waals surface area contributed by atoms with Gasteiger partial charge < -0.3 is 9.90 Å². The van der Waals surface area contributed by atoms with Gasteiger partial charge in [-0.1, -0.05) is 13.0 Å². The summed E-state index contributed by atoms with van der Waals surface area (Å²) in [6.07, 6.45) is 5.33. The van der Waals surface area contributed by atoms with Crippen molar-refractivity contribution in [2.45, 2.75) is 44.9 Å². The van der Waals surface area contributed by atoms with Gasteiger partial charge in [0.05, 0.1) is 0 Å². The average molecular weight is 298 g/mol. The van der Waals surface area contributed by atoms with Crippen molar-refractivity contribution in [3.63, 3.8) is 0 Å². The smallest absolute Gasteiger partial charge is 0.139 e. The minimum Gasteiger partial charge on any atom is -0.508 e. The Morgan fingerprint density at radius 3 is 2.91 bits per heavy atom. The Balaban J connectivity index is 1.80. The van der Waals surface area contributed by atoms with E-state index in [1.807, 2.05) is 12.1 Å². The Labute approximate surface area is 130 Å². The Morgan fingerprint density at radius 1 is 1.32 bits per heavy atom. The minimum atomic E-state index is -0.211. The molecular weight excluding hydrogens is 276 g/mol. The normalized spacial score (nSPS) is 39.8. The second-order valence-electron chi connectivity index (χ2n) is 7.60. The van der Waals surface area contributed by atoms with E-state index in [0.717, 1.165) is 31.1 Å². The van der Waals surface area contributed by atoms with E-state index in [0.29, 0.717) is 36.4 Å². The van der Waals surface area contributed by atoms with E-state index < -0.39 is 0 Å². The molecule has 0 aromatic heterocycles. The van der Waals surface area contributed by atoms with Crippen LogP contribution in [0.3, 0.4) is 0 Å². The van der Waals surface area contributed by atoms with Crippen molar-refractivity contribution in [2.75, 3.05) is 0 Å². The Kier molecular flexibility index (Phi) is 2.97. The largest absolute Gasteiger partial charge is 0.508 e. The first-order valence-corrected chi connectivity index (χ1v) is 8.35. The van der Waals surface area contributed by atoms with Gasteiger partial charge >= 0.3 is 0 Å². The van der Waals surface area contributed by atoms with E-state index in [4.69, 9.17) is 0 Å². The first-order valence-electron chi connectivity index (χ1n) is 8.35. The predicted octanol–water partition coefficient (Wildman–Crippen LogP) is 3.24. The van der Waals surface area contributed by atoms with Crippen LogP contribution in [0.4, 0.5) is 0 Å². The molecule has 3 nitrogen and oxygen atoms in total. The monoisotopic (exact) mass is 298 g/mol. The number of hydrogen-bond donors (Lipinski definition) is 1. The molecule has 3 heteroatoms. The van der Waals surface area contributed by atoms with E-state index in [2.05, 4.69) is 6.92 Å². The maximum absolute atomic E-state index is 12.4. The third kappa shape index (κ3) is 1.74. The van der Waals surface area contributed by atoms with Crippen molar-refractivity contribution < 1.29 is 14.7 Å². The van der Waals surface area contributed by atoms with Gasteiger partial charge in [-0.05, 0) is 66.7 Å². The van der Waals surface area contributed by atoms with E-state index in [1.165, 1.54) is 5.56 Å². The van der Waals surface area contributed by atoms with Gasteiger partial charge in [-0.3, -0.25) is 4.79 Å². The number of carbonyl (C=O) groups excluding carboxylic acids is 2. The highest BCUT2D eigenvalue weighted by Crippen LogP contribution is 2.60. The number of phenolic OH excluding ortho intramolecular Hbond substituents is 1. The number of rotatable bonds is 1. The van der Waals surface area contributed by atoms with Crippen LogP contribution in [0.15, 0.2) is 18.2 Å². The van der Waals surface area contributed by atoms with E-state index in [-0.39, 0.29) is 17.1 Å². The summed E-state index contributed by atoms with van der Waals surface area (Å²) in [7, 11) is 0. The number of aromatic hydroxyl groups is 1. The fourth-order valence-electron chi connectivity index (χ4n) is 5.59. The fourth-order valence-corrected chi connectivity index (χ4v) is 5.59. The van der Waals surface area contributed by atoms with Crippen LogP contribution in [0.1, 0.15) is 49.7 Å². The lowest BCUT2D eigenvalue weighted by Crippen LogP contribution is -2.46. The summed E-state index contributed by atoms with van der Waals surface area (Å²) in [6, 6.07) is 5.60. The average Bonchev–Trinajstić information content (AvgIpc) is 2.81. The van der Waals surface area contributed by atoms with Crippen molar-refractivity contribution in [2.24, 2.45) is 23.2 Å². The third-order valence-corrected chi connectivity index (χ3v) is 6.69. The van der Waals surface area contributed by atoms with Gasteiger partial charge in [-0.25, -0.2) is 0 Å². The lowest BCUT2D eigenvalue weighted by Gasteiger charge is -2.50. The molecule has 0 radical (unpaired) electrons. The van der Waals surface area contributed by atoms with Gasteiger partial charge in [0.25, 0.3) is 0 Å². The van der Waals surface area contributed by atoms with E-state index >= 15 is 0 Å². The Hall–Kier alpha value is -1.64. The van der Waals surface area contributed by atoms with Gasteiger partial charge in [-0.15, -0.1) is 0 Å². The molecule has 5 atom stereocenters. The molecule has 1 aromatic rings. The van der Waals surface area contributed by atoms with Crippen molar-refractivity contribution in [3.05, 3.63) is 29.3 Å². The zero-order valence-electron chi connectivity index (χ0n) is 12.9. The number of aldehydes is 1. The first kappa shape index (κ1) is 14.0. The van der Waals surface area contributed by atoms with Gasteiger partial charge in [0.2, 0.25) is 0 Å². The molecule has 2 fully saturated rings. The van der Waals surface area contributed by atoms with Crippen LogP contribution < -0.4 is 0 Å². The fraction of sp³-hybridized carbons (Fsp3) is 0.579. The van der Waals surface area contributed by atoms with Crippen LogP contribution in [-0.4, -0.2) is 17.2 Å². The number of ketones is 1. The zero-order valence-corrected chi connectivity index (χ0v) is 12.9. The molecule has 1 aromatic carbocycles. The molecule has 1 N–H and O–H groups in total. The molecule has 0 spiro atoms. The summed E-state index contributed by atoms with van der Waals surface area (Å²) in [5, 5.41) is 9.74. The lowest BCUT2D eigenvalue weighted by atomic mass is 9.53. The summed E-state index contributed by atoms with van der Waals surface area (Å²) in [5.74, 6) is 1.66. The van der Waals surface area contributed by atoms with Crippen molar-refractivity contribution in [1.29, 1.82) is 0 Å². The van der Waals surface area contributed by atoms with Gasteiger partial charge in [0.15, 0.2) is 0 Å². The third-order valence-electron chi connectivity index (χ3n) is 6.69. The molecule has 0 aliphatic heterocycles. The van der Waals surface area contributed by atoms with Gasteiger partial charge in [0, 0.05) is 17.8 Å². The molecule has 0 amide bonds. The highest BCUT2D eigenvalue weighted by atomic mass is 16.3. The molecule has 3 aliphatic rings. The molecule has 22 heavy (non-hydrogen) atoms. The van der Waals surface area contributed by atoms with Gasteiger partial charge in [-0.2, -0.15) is 0 Å². The van der Waals surface area contributed by atoms with Crippen LogP contribution in [0.5, 0.6) is 5.75 Å². The van der Waals surface area contributed by atoms with E-state index in [1.54, 1.807) is 6.07 Å². The summed E-state index contributed by atoms with van der Waals surface area (Å²) in [4.78, 5) is 24.1. The minimum absolute atomic E-state index is 0.0187. The van der Waals surface area contributed by atoms with Crippen LogP contribution in [0.2, 0.25) is 0 Å². The van der Waals surface area contributed by atoms with Crippen molar-refractivity contribution >= 4 is 12.1 Å². The number of benzene rings is 1. The maximum Gasteiger partial charge on any atom is 0.139 e. The topological polar surface area (TPSA) is 54.4 Å². The predicted molar refractivity (Wildman–Crippen MR) is 82.7 cm³/mol. The maximum atomic E-state index is 12.4. The molecule has 116 valence electrons. The number of hydrogen-bond acceptors (Lipinski definition) is 3. The number of fused-ring (bicyclic) bond motifs is 5. The van der Waals surface area contributed by atoms with Crippen molar-refractivity contribution in [3.8, 4) is 5.75 Å². The molecule has 0 bridgehead atoms. The Morgan fingerprint density at radius 2 is 2.14 bits per heavy atom. The number of carbonyl (C=O) groups is 2. The Bertz CT molecular complexity index is 650. The highest BCUT2D eigenvalue weighted by molar-refractivity contribution is 5.87. The molecule has 4 rings (SSSR count). The zero-order chi connectivity index (χ0) is 15.5. The van der Waals surface area contributed by atoms with Crippen LogP contribution >= 0.6 is 0 Å². The molecule has 3 aliphatic carbocycles.